The molecule has 0 atom stereocenters. The van der Waals surface area contributed by atoms with Gasteiger partial charge >= 0.3 is 0 Å². The molecule has 0 aliphatic rings. The van der Waals surface area contributed by atoms with Crippen LogP contribution >= 0.6 is 0 Å². The first-order valence-electron chi connectivity index (χ1n) is 5.85. The second-order valence-electron chi connectivity index (χ2n) is 4.07. The molecule has 2 aromatic rings. The molecule has 0 fully saturated rings. The number of rotatable bonds is 5. The molecule has 0 amide bonds. The minimum Gasteiger partial charge on any atom is -0.493 e. The van der Waals surface area contributed by atoms with E-state index in [2.05, 4.69) is 5.10 Å². The predicted molar refractivity (Wildman–Crippen MR) is 68.9 cm³/mol. The van der Waals surface area contributed by atoms with Crippen LogP contribution in [0.2, 0.25) is 0 Å². The van der Waals surface area contributed by atoms with Gasteiger partial charge in [0.2, 0.25) is 0 Å². The fourth-order valence-corrected chi connectivity index (χ4v) is 1.90. The third kappa shape index (κ3) is 2.59. The highest BCUT2D eigenvalue weighted by Gasteiger charge is 2.12. The maximum atomic E-state index is 12.0. The first kappa shape index (κ1) is 12.4. The van der Waals surface area contributed by atoms with Crippen molar-refractivity contribution in [1.82, 2.24) is 9.78 Å². The van der Waals surface area contributed by atoms with Crippen molar-refractivity contribution in [2.45, 2.75) is 12.8 Å². The van der Waals surface area contributed by atoms with Crippen LogP contribution in [0.25, 0.3) is 0 Å². The van der Waals surface area contributed by atoms with E-state index >= 15 is 0 Å². The molecule has 0 N–H and O–H groups in total. The number of ether oxygens (including phenoxy) is 1. The van der Waals surface area contributed by atoms with Gasteiger partial charge in [0.05, 0.1) is 19.0 Å². The number of ketones is 1. The van der Waals surface area contributed by atoms with Crippen molar-refractivity contribution < 1.29 is 9.53 Å². The highest BCUT2D eigenvalue weighted by Crippen LogP contribution is 2.19. The number of Topliss-reactive ketones (excluding diaryl/α,β-unsaturated/α-hetero) is 1. The zero-order valence-corrected chi connectivity index (χ0v) is 10.6. The number of carbonyl (C=O) groups is 1. The minimum absolute atomic E-state index is 0.138. The number of hydrogen-bond donors (Lipinski definition) is 0. The molecule has 0 saturated carbocycles. The van der Waals surface area contributed by atoms with Crippen LogP contribution in [0.1, 0.15) is 22.5 Å². The first-order chi connectivity index (χ1) is 8.72. The Hall–Kier alpha value is -2.10. The third-order valence-corrected chi connectivity index (χ3v) is 2.93. The van der Waals surface area contributed by atoms with Crippen molar-refractivity contribution in [3.8, 4) is 5.75 Å². The molecule has 0 spiro atoms. The highest BCUT2D eigenvalue weighted by atomic mass is 16.5. The Kier molecular flexibility index (Phi) is 3.77. The minimum atomic E-state index is 0.138. The molecule has 0 radical (unpaired) electrons. The molecular formula is C14H16N2O2. The van der Waals surface area contributed by atoms with E-state index in [1.54, 1.807) is 18.0 Å². The predicted octanol–water partition coefficient (Wildman–Crippen LogP) is 2.24. The maximum absolute atomic E-state index is 12.0. The molecule has 2 rings (SSSR count). The normalized spacial score (nSPS) is 10.3. The summed E-state index contributed by atoms with van der Waals surface area (Å²) in [6.45, 7) is 0. The molecule has 1 heterocycles. The lowest BCUT2D eigenvalue weighted by atomic mass is 10.1. The molecule has 1 aromatic carbocycles. The molecule has 0 aliphatic heterocycles. The zero-order valence-electron chi connectivity index (χ0n) is 10.6. The molecule has 0 aliphatic carbocycles. The number of nitrogens with zero attached hydrogens (tertiary/aromatic N) is 2. The summed E-state index contributed by atoms with van der Waals surface area (Å²) >= 11 is 0. The monoisotopic (exact) mass is 244 g/mol. The SMILES string of the molecule is COc1cnn(C)c1CCC(=O)c1ccccc1. The molecule has 4 heteroatoms. The van der Waals surface area contributed by atoms with E-state index in [0.29, 0.717) is 12.8 Å². The molecule has 94 valence electrons. The Morgan fingerprint density at radius 1 is 1.33 bits per heavy atom. The average molecular weight is 244 g/mol. The van der Waals surface area contributed by atoms with Gasteiger partial charge in [-0.2, -0.15) is 5.10 Å². The van der Waals surface area contributed by atoms with E-state index in [1.165, 1.54) is 0 Å². The third-order valence-electron chi connectivity index (χ3n) is 2.93. The van der Waals surface area contributed by atoms with Crippen molar-refractivity contribution in [2.24, 2.45) is 7.05 Å². The topological polar surface area (TPSA) is 44.1 Å². The highest BCUT2D eigenvalue weighted by molar-refractivity contribution is 5.96. The summed E-state index contributed by atoms with van der Waals surface area (Å²) in [4.78, 5) is 12.0. The van der Waals surface area contributed by atoms with Gasteiger partial charge in [-0.1, -0.05) is 30.3 Å². The first-order valence-corrected chi connectivity index (χ1v) is 5.85. The van der Waals surface area contributed by atoms with E-state index < -0.39 is 0 Å². The largest absolute Gasteiger partial charge is 0.493 e. The summed E-state index contributed by atoms with van der Waals surface area (Å²) in [6.07, 6.45) is 2.76. The van der Waals surface area contributed by atoms with E-state index in [9.17, 15) is 4.79 Å². The number of carbonyl (C=O) groups excluding carboxylic acids is 1. The summed E-state index contributed by atoms with van der Waals surface area (Å²) in [5, 5.41) is 4.12. The van der Waals surface area contributed by atoms with Gasteiger partial charge in [-0.3, -0.25) is 9.48 Å². The summed E-state index contributed by atoms with van der Waals surface area (Å²) in [7, 11) is 3.46. The van der Waals surface area contributed by atoms with Crippen LogP contribution in [0.15, 0.2) is 36.5 Å². The van der Waals surface area contributed by atoms with Crippen LogP contribution in [0.4, 0.5) is 0 Å². The molecule has 0 unspecified atom stereocenters. The van der Waals surface area contributed by atoms with Crippen molar-refractivity contribution in [3.05, 3.63) is 47.8 Å². The van der Waals surface area contributed by atoms with Gasteiger partial charge in [-0.25, -0.2) is 0 Å². The lowest BCUT2D eigenvalue weighted by Gasteiger charge is -2.05. The van der Waals surface area contributed by atoms with Crippen LogP contribution < -0.4 is 4.74 Å². The Labute approximate surface area is 106 Å². The van der Waals surface area contributed by atoms with Crippen LogP contribution in [0.5, 0.6) is 5.75 Å². The lowest BCUT2D eigenvalue weighted by Crippen LogP contribution is -2.05. The lowest BCUT2D eigenvalue weighted by molar-refractivity contribution is 0.0982. The maximum Gasteiger partial charge on any atom is 0.163 e. The molecule has 0 saturated heterocycles. The van der Waals surface area contributed by atoms with Crippen LogP contribution in [0, 0.1) is 0 Å². The molecule has 18 heavy (non-hydrogen) atoms. The Morgan fingerprint density at radius 3 is 2.72 bits per heavy atom. The zero-order chi connectivity index (χ0) is 13.0. The number of benzene rings is 1. The van der Waals surface area contributed by atoms with Gasteiger partial charge in [0, 0.05) is 25.5 Å². The Bertz CT molecular complexity index is 532. The van der Waals surface area contributed by atoms with Gasteiger partial charge < -0.3 is 4.74 Å². The summed E-state index contributed by atoms with van der Waals surface area (Å²) in [5.41, 5.74) is 1.69. The van der Waals surface area contributed by atoms with Gasteiger partial charge in [0.25, 0.3) is 0 Å². The van der Waals surface area contributed by atoms with Gasteiger partial charge in [0.15, 0.2) is 11.5 Å². The quantitative estimate of drug-likeness (QED) is 0.758. The molecular weight excluding hydrogens is 228 g/mol. The molecule has 1 aromatic heterocycles. The second kappa shape index (κ2) is 5.49. The molecule has 0 bridgehead atoms. The van der Waals surface area contributed by atoms with E-state index in [1.807, 2.05) is 37.4 Å². The summed E-state index contributed by atoms with van der Waals surface area (Å²) in [6, 6.07) is 9.32. The smallest absolute Gasteiger partial charge is 0.163 e. The van der Waals surface area contributed by atoms with E-state index in [4.69, 9.17) is 4.74 Å². The Morgan fingerprint density at radius 2 is 2.06 bits per heavy atom. The van der Waals surface area contributed by atoms with E-state index in [-0.39, 0.29) is 5.78 Å². The van der Waals surface area contributed by atoms with Crippen molar-refractivity contribution >= 4 is 5.78 Å². The van der Waals surface area contributed by atoms with Crippen LogP contribution in [-0.4, -0.2) is 22.7 Å². The second-order valence-corrected chi connectivity index (χ2v) is 4.07. The number of methoxy groups -OCH3 is 1. The van der Waals surface area contributed by atoms with Crippen molar-refractivity contribution in [2.75, 3.05) is 7.11 Å². The Balaban J connectivity index is 2.04. The standard InChI is InChI=1S/C14H16N2O2/c1-16-12(14(18-2)10-15-16)8-9-13(17)11-6-4-3-5-7-11/h3-7,10H,8-9H2,1-2H3. The van der Waals surface area contributed by atoms with Gasteiger partial charge in [-0.05, 0) is 0 Å². The van der Waals surface area contributed by atoms with Crippen molar-refractivity contribution in [1.29, 1.82) is 0 Å². The van der Waals surface area contributed by atoms with Crippen molar-refractivity contribution in [3.63, 3.8) is 0 Å². The van der Waals surface area contributed by atoms with Gasteiger partial charge in [-0.15, -0.1) is 0 Å². The number of aryl methyl sites for hydroxylation is 1. The van der Waals surface area contributed by atoms with E-state index in [0.717, 1.165) is 17.0 Å². The molecule has 4 nitrogen and oxygen atoms in total. The summed E-state index contributed by atoms with van der Waals surface area (Å²) in [5.74, 6) is 0.872. The fourth-order valence-electron chi connectivity index (χ4n) is 1.90. The summed E-state index contributed by atoms with van der Waals surface area (Å²) < 4.78 is 6.96. The fraction of sp³-hybridized carbons (Fsp3) is 0.286. The van der Waals surface area contributed by atoms with Crippen LogP contribution in [-0.2, 0) is 13.5 Å². The number of aromatic nitrogens is 2. The van der Waals surface area contributed by atoms with Gasteiger partial charge in [0.1, 0.15) is 0 Å². The van der Waals surface area contributed by atoms with Crippen LogP contribution in [0.3, 0.4) is 0 Å². The average Bonchev–Trinajstić information content (AvgIpc) is 2.77. The number of hydrogen-bond acceptors (Lipinski definition) is 3.